The summed E-state index contributed by atoms with van der Waals surface area (Å²) in [4.78, 5) is 6.34. The minimum atomic E-state index is 0.498. The molecule has 0 aliphatic carbocycles. The topological polar surface area (TPSA) is 41.6 Å². The summed E-state index contributed by atoms with van der Waals surface area (Å²) in [5, 5.41) is 0. The average Bonchev–Trinajstić information content (AvgIpc) is 2.18. The molecule has 0 radical (unpaired) electrons. The zero-order valence-corrected chi connectivity index (χ0v) is 7.54. The number of nitrogens with zero attached hydrogens (tertiary/aromatic N) is 2. The van der Waals surface area contributed by atoms with Gasteiger partial charge in [0.05, 0.1) is 6.54 Å². The number of hydrogen-bond acceptors (Lipinski definition) is 3. The van der Waals surface area contributed by atoms with E-state index in [0.717, 1.165) is 13.1 Å². The Labute approximate surface area is 68.3 Å². The molecular weight excluding hydrogens is 138 g/mol. The first kappa shape index (κ1) is 8.37. The van der Waals surface area contributed by atoms with E-state index in [9.17, 15) is 0 Å². The van der Waals surface area contributed by atoms with Crippen molar-refractivity contribution >= 4 is 5.96 Å². The van der Waals surface area contributed by atoms with Crippen LogP contribution in [-0.4, -0.2) is 30.0 Å². The van der Waals surface area contributed by atoms with Crippen LogP contribution in [0.1, 0.15) is 20.8 Å². The van der Waals surface area contributed by atoms with Gasteiger partial charge >= 0.3 is 0 Å². The highest BCUT2D eigenvalue weighted by molar-refractivity contribution is 5.80. The van der Waals surface area contributed by atoms with E-state index < -0.39 is 0 Å². The van der Waals surface area contributed by atoms with Gasteiger partial charge in [-0.2, -0.15) is 0 Å². The molecule has 1 aliphatic heterocycles. The van der Waals surface area contributed by atoms with Gasteiger partial charge in [0.25, 0.3) is 0 Å². The van der Waals surface area contributed by atoms with Crippen LogP contribution in [0, 0.1) is 5.92 Å². The van der Waals surface area contributed by atoms with Gasteiger partial charge in [-0.05, 0) is 12.8 Å². The van der Waals surface area contributed by atoms with Gasteiger partial charge < -0.3 is 10.6 Å². The fraction of sp³-hybridized carbons (Fsp3) is 0.875. The summed E-state index contributed by atoms with van der Waals surface area (Å²) in [5.41, 5.74) is 5.69. The lowest BCUT2D eigenvalue weighted by Crippen LogP contribution is -2.41. The lowest BCUT2D eigenvalue weighted by atomic mass is 10.2. The minimum Gasteiger partial charge on any atom is -0.370 e. The maximum absolute atomic E-state index is 5.69. The lowest BCUT2D eigenvalue weighted by Gasteiger charge is -2.24. The van der Waals surface area contributed by atoms with Gasteiger partial charge in [0.1, 0.15) is 0 Å². The molecule has 1 unspecified atom stereocenters. The molecule has 1 atom stereocenters. The first-order valence-corrected chi connectivity index (χ1v) is 4.18. The monoisotopic (exact) mass is 155 g/mol. The Morgan fingerprint density at radius 2 is 2.36 bits per heavy atom. The maximum atomic E-state index is 5.69. The van der Waals surface area contributed by atoms with E-state index in [-0.39, 0.29) is 0 Å². The Bertz CT molecular complexity index is 163. The van der Waals surface area contributed by atoms with Crippen molar-refractivity contribution in [1.29, 1.82) is 0 Å². The fourth-order valence-corrected chi connectivity index (χ4v) is 1.31. The van der Waals surface area contributed by atoms with Crippen molar-refractivity contribution in [3.05, 3.63) is 0 Å². The molecule has 2 N–H and O–H groups in total. The third-order valence-electron chi connectivity index (χ3n) is 1.91. The molecule has 64 valence electrons. The van der Waals surface area contributed by atoms with Crippen LogP contribution in [0.2, 0.25) is 0 Å². The molecule has 0 saturated heterocycles. The van der Waals surface area contributed by atoms with Crippen LogP contribution in [0.4, 0.5) is 0 Å². The molecule has 1 aliphatic rings. The van der Waals surface area contributed by atoms with Gasteiger partial charge in [-0.25, -0.2) is 0 Å². The van der Waals surface area contributed by atoms with Crippen LogP contribution in [0.3, 0.4) is 0 Å². The van der Waals surface area contributed by atoms with Crippen LogP contribution in [-0.2, 0) is 0 Å². The van der Waals surface area contributed by atoms with Gasteiger partial charge in [-0.15, -0.1) is 0 Å². The number of nitrogens with two attached hydrogens (primary N) is 1. The largest absolute Gasteiger partial charge is 0.370 e. The highest BCUT2D eigenvalue weighted by Gasteiger charge is 2.21. The first-order valence-electron chi connectivity index (χ1n) is 4.18. The highest BCUT2D eigenvalue weighted by atomic mass is 15.3. The van der Waals surface area contributed by atoms with Gasteiger partial charge in [0, 0.05) is 12.6 Å². The molecule has 1 heterocycles. The zero-order valence-electron chi connectivity index (χ0n) is 7.54. The third-order valence-corrected chi connectivity index (χ3v) is 1.91. The Balaban J connectivity index is 2.49. The Hall–Kier alpha value is -0.730. The molecule has 0 fully saturated rings. The van der Waals surface area contributed by atoms with Crippen LogP contribution < -0.4 is 5.73 Å². The van der Waals surface area contributed by atoms with E-state index in [0.29, 0.717) is 17.9 Å². The van der Waals surface area contributed by atoms with Gasteiger partial charge in [-0.1, -0.05) is 13.8 Å². The van der Waals surface area contributed by atoms with Crippen molar-refractivity contribution in [3.8, 4) is 0 Å². The van der Waals surface area contributed by atoms with Gasteiger partial charge in [0.2, 0.25) is 0 Å². The Kier molecular flexibility index (Phi) is 2.37. The molecule has 0 saturated carbocycles. The van der Waals surface area contributed by atoms with Crippen molar-refractivity contribution in [2.75, 3.05) is 13.1 Å². The average molecular weight is 155 g/mol. The number of rotatable bonds is 2. The van der Waals surface area contributed by atoms with Crippen molar-refractivity contribution in [2.45, 2.75) is 26.8 Å². The van der Waals surface area contributed by atoms with E-state index in [2.05, 4.69) is 30.7 Å². The predicted octanol–water partition coefficient (Wildman–Crippen LogP) is 0.661. The normalized spacial score (nSPS) is 24.5. The van der Waals surface area contributed by atoms with Crippen molar-refractivity contribution in [1.82, 2.24) is 4.90 Å². The molecular formula is C8H17N3. The summed E-state index contributed by atoms with van der Waals surface area (Å²) in [6.45, 7) is 8.43. The quantitative estimate of drug-likeness (QED) is 0.636. The molecule has 0 spiro atoms. The predicted molar refractivity (Wildman–Crippen MR) is 47.5 cm³/mol. The van der Waals surface area contributed by atoms with Gasteiger partial charge in [0.15, 0.2) is 5.96 Å². The van der Waals surface area contributed by atoms with Gasteiger partial charge in [-0.3, -0.25) is 4.99 Å². The summed E-state index contributed by atoms with van der Waals surface area (Å²) in [5.74, 6) is 1.37. The number of guanidine groups is 1. The molecule has 1 rings (SSSR count). The molecule has 0 aromatic rings. The summed E-state index contributed by atoms with van der Waals surface area (Å²) >= 11 is 0. The second-order valence-electron chi connectivity index (χ2n) is 3.59. The number of hydrogen-bond donors (Lipinski definition) is 1. The van der Waals surface area contributed by atoms with E-state index in [1.807, 2.05) is 0 Å². The van der Waals surface area contributed by atoms with E-state index in [4.69, 9.17) is 5.73 Å². The zero-order chi connectivity index (χ0) is 8.43. The lowest BCUT2D eigenvalue weighted by molar-refractivity contribution is 0.320. The summed E-state index contributed by atoms with van der Waals surface area (Å²) in [6, 6.07) is 0.498. The van der Waals surface area contributed by atoms with Crippen LogP contribution >= 0.6 is 0 Å². The molecule has 3 nitrogen and oxygen atoms in total. The molecule has 0 aromatic carbocycles. The van der Waals surface area contributed by atoms with E-state index in [1.165, 1.54) is 0 Å². The fourth-order valence-electron chi connectivity index (χ4n) is 1.31. The van der Waals surface area contributed by atoms with Crippen LogP contribution in [0.15, 0.2) is 4.99 Å². The van der Waals surface area contributed by atoms with Crippen LogP contribution in [0.5, 0.6) is 0 Å². The van der Waals surface area contributed by atoms with Crippen LogP contribution in [0.25, 0.3) is 0 Å². The van der Waals surface area contributed by atoms with E-state index >= 15 is 0 Å². The first-order chi connectivity index (χ1) is 5.11. The third kappa shape index (κ3) is 1.85. The standard InChI is InChI=1S/C8H17N3/c1-6(2)5-11-7(3)4-10-8(11)9/h6-7H,4-5H2,1-3H3,(H2,9,10). The Morgan fingerprint density at radius 1 is 1.73 bits per heavy atom. The smallest absolute Gasteiger partial charge is 0.191 e. The summed E-state index contributed by atoms with van der Waals surface area (Å²) in [6.07, 6.45) is 0. The van der Waals surface area contributed by atoms with E-state index in [1.54, 1.807) is 0 Å². The van der Waals surface area contributed by atoms with Crippen molar-refractivity contribution in [2.24, 2.45) is 16.6 Å². The van der Waals surface area contributed by atoms with Crippen molar-refractivity contribution < 1.29 is 0 Å². The summed E-state index contributed by atoms with van der Waals surface area (Å²) < 4.78 is 0. The maximum Gasteiger partial charge on any atom is 0.191 e. The minimum absolute atomic E-state index is 0.498. The number of aliphatic imine (C=N–C) groups is 1. The second-order valence-corrected chi connectivity index (χ2v) is 3.59. The molecule has 3 heteroatoms. The summed E-state index contributed by atoms with van der Waals surface area (Å²) in [7, 11) is 0. The Morgan fingerprint density at radius 3 is 2.73 bits per heavy atom. The van der Waals surface area contributed by atoms with Crippen molar-refractivity contribution in [3.63, 3.8) is 0 Å². The molecule has 0 bridgehead atoms. The molecule has 0 aromatic heterocycles. The molecule has 0 amide bonds. The highest BCUT2D eigenvalue weighted by Crippen LogP contribution is 2.09. The second kappa shape index (κ2) is 3.11. The SMILES string of the molecule is CC(C)CN1C(N)=NCC1C. The molecule has 11 heavy (non-hydrogen) atoms.